The molecule has 1 atom stereocenters. The number of ether oxygens (including phenoxy) is 1. The second-order valence-corrected chi connectivity index (χ2v) is 9.74. The number of aromatic nitrogens is 2. The molecule has 10 heteroatoms. The van der Waals surface area contributed by atoms with E-state index in [0.717, 1.165) is 21.7 Å². The van der Waals surface area contributed by atoms with Crippen molar-refractivity contribution in [1.29, 1.82) is 0 Å². The fraction of sp³-hybridized carbons (Fsp3) is 0.250. The van der Waals surface area contributed by atoms with Crippen molar-refractivity contribution in [3.63, 3.8) is 0 Å². The first kappa shape index (κ1) is 21.7. The highest BCUT2D eigenvalue weighted by molar-refractivity contribution is 7.92. The van der Waals surface area contributed by atoms with Crippen molar-refractivity contribution in [1.82, 2.24) is 10.2 Å². The maximum absolute atomic E-state index is 12.4. The maximum Gasteiger partial charge on any atom is 0.266 e. The number of nitrogens with zero attached hydrogens (tertiary/aromatic N) is 3. The predicted octanol–water partition coefficient (Wildman–Crippen LogP) is 3.32. The van der Waals surface area contributed by atoms with Crippen molar-refractivity contribution in [3.8, 4) is 16.3 Å². The smallest absolute Gasteiger partial charge is 0.266 e. The van der Waals surface area contributed by atoms with Gasteiger partial charge in [0.2, 0.25) is 15.2 Å². The van der Waals surface area contributed by atoms with Gasteiger partial charge in [-0.05, 0) is 38.1 Å². The molecule has 3 rings (SSSR count). The van der Waals surface area contributed by atoms with Gasteiger partial charge in [0.25, 0.3) is 5.91 Å². The zero-order chi connectivity index (χ0) is 21.9. The van der Waals surface area contributed by atoms with Crippen LogP contribution in [0.4, 0.5) is 10.8 Å². The van der Waals surface area contributed by atoms with Gasteiger partial charge < -0.3 is 4.74 Å². The Bertz CT molecular complexity index is 1130. The van der Waals surface area contributed by atoms with Crippen LogP contribution in [0.5, 0.6) is 5.75 Å². The third kappa shape index (κ3) is 5.33. The molecule has 0 unspecified atom stereocenters. The van der Waals surface area contributed by atoms with Gasteiger partial charge in [-0.3, -0.25) is 14.4 Å². The summed E-state index contributed by atoms with van der Waals surface area (Å²) in [6.07, 6.45) is 0.344. The van der Waals surface area contributed by atoms with Crippen molar-refractivity contribution >= 4 is 38.1 Å². The highest BCUT2D eigenvalue weighted by Gasteiger charge is 2.18. The number of amides is 1. The molecular weight excluding hydrogens is 424 g/mol. The summed E-state index contributed by atoms with van der Waals surface area (Å²) in [7, 11) is -1.88. The van der Waals surface area contributed by atoms with Crippen LogP contribution in [-0.4, -0.2) is 43.9 Å². The second-order valence-electron chi connectivity index (χ2n) is 6.75. The summed E-state index contributed by atoms with van der Waals surface area (Å²) in [4.78, 5) is 12.4. The van der Waals surface area contributed by atoms with Crippen LogP contribution in [0.2, 0.25) is 0 Å². The molecular formula is C20H22N4O4S2. The molecule has 30 heavy (non-hydrogen) atoms. The summed E-state index contributed by atoms with van der Waals surface area (Å²) < 4.78 is 30.0. The van der Waals surface area contributed by atoms with Crippen molar-refractivity contribution in [2.75, 3.05) is 22.9 Å². The predicted molar refractivity (Wildman–Crippen MR) is 118 cm³/mol. The molecule has 0 saturated heterocycles. The van der Waals surface area contributed by atoms with E-state index < -0.39 is 16.1 Å². The van der Waals surface area contributed by atoms with Gasteiger partial charge in [-0.25, -0.2) is 8.42 Å². The minimum atomic E-state index is -3.34. The number of benzene rings is 2. The molecule has 0 radical (unpaired) electrons. The normalized spacial score (nSPS) is 12.3. The van der Waals surface area contributed by atoms with Crippen molar-refractivity contribution in [2.45, 2.75) is 20.0 Å². The molecule has 1 heterocycles. The summed E-state index contributed by atoms with van der Waals surface area (Å²) in [5.41, 5.74) is 2.58. The molecule has 3 aromatic rings. The average Bonchev–Trinajstić information content (AvgIpc) is 3.16. The van der Waals surface area contributed by atoms with Crippen LogP contribution < -0.4 is 14.4 Å². The minimum absolute atomic E-state index is 0.362. The molecule has 0 aliphatic carbocycles. The highest BCUT2D eigenvalue weighted by atomic mass is 32.2. The van der Waals surface area contributed by atoms with Gasteiger partial charge in [-0.1, -0.05) is 41.2 Å². The minimum Gasteiger partial charge on any atom is -0.481 e. The van der Waals surface area contributed by atoms with E-state index in [1.54, 1.807) is 31.2 Å². The van der Waals surface area contributed by atoms with Crippen LogP contribution in [0.1, 0.15) is 12.5 Å². The Kier molecular flexibility index (Phi) is 6.37. The SMILES string of the molecule is Cc1ccc(-c2nnc(NC(=O)[C@@H](C)Oc3ccc(N(C)S(C)(=O)=O)cc3)s2)cc1. The van der Waals surface area contributed by atoms with Gasteiger partial charge in [0.05, 0.1) is 11.9 Å². The van der Waals surface area contributed by atoms with E-state index in [2.05, 4.69) is 15.5 Å². The van der Waals surface area contributed by atoms with Crippen LogP contribution in [-0.2, 0) is 14.8 Å². The van der Waals surface area contributed by atoms with Gasteiger partial charge >= 0.3 is 0 Å². The van der Waals surface area contributed by atoms with Gasteiger partial charge in [0.15, 0.2) is 6.10 Å². The number of nitrogens with one attached hydrogen (secondary N) is 1. The summed E-state index contributed by atoms with van der Waals surface area (Å²) in [5.74, 6) is 0.0832. The summed E-state index contributed by atoms with van der Waals surface area (Å²) >= 11 is 1.28. The van der Waals surface area contributed by atoms with Gasteiger partial charge in [-0.15, -0.1) is 10.2 Å². The number of carbonyl (C=O) groups is 1. The van der Waals surface area contributed by atoms with Gasteiger partial charge in [0.1, 0.15) is 10.8 Å². The monoisotopic (exact) mass is 446 g/mol. The second kappa shape index (κ2) is 8.80. The Morgan fingerprint density at radius 1 is 1.10 bits per heavy atom. The van der Waals surface area contributed by atoms with Gasteiger partial charge in [-0.2, -0.15) is 0 Å². The van der Waals surface area contributed by atoms with Crippen LogP contribution in [0.15, 0.2) is 48.5 Å². The highest BCUT2D eigenvalue weighted by Crippen LogP contribution is 2.27. The zero-order valence-electron chi connectivity index (χ0n) is 17.0. The van der Waals surface area contributed by atoms with E-state index in [9.17, 15) is 13.2 Å². The molecule has 0 aliphatic rings. The topological polar surface area (TPSA) is 101 Å². The van der Waals surface area contributed by atoms with Crippen molar-refractivity contribution in [2.24, 2.45) is 0 Å². The maximum atomic E-state index is 12.4. The number of rotatable bonds is 7. The fourth-order valence-electron chi connectivity index (χ4n) is 2.48. The Hall–Kier alpha value is -2.98. The Labute approximate surface area is 179 Å². The molecule has 1 aromatic heterocycles. The molecule has 0 saturated carbocycles. The lowest BCUT2D eigenvalue weighted by Gasteiger charge is -2.18. The van der Waals surface area contributed by atoms with Crippen LogP contribution in [0.25, 0.3) is 10.6 Å². The first-order valence-corrected chi connectivity index (χ1v) is 11.7. The molecule has 158 valence electrons. The van der Waals surface area contributed by atoms with Crippen LogP contribution in [0.3, 0.4) is 0 Å². The first-order chi connectivity index (χ1) is 14.1. The molecule has 0 spiro atoms. The number of aryl methyl sites for hydroxylation is 1. The lowest BCUT2D eigenvalue weighted by molar-refractivity contribution is -0.122. The average molecular weight is 447 g/mol. The quantitative estimate of drug-likeness (QED) is 0.597. The fourth-order valence-corrected chi connectivity index (χ4v) is 3.73. The lowest BCUT2D eigenvalue weighted by Crippen LogP contribution is -2.30. The Balaban J connectivity index is 1.60. The number of anilines is 2. The van der Waals surface area contributed by atoms with Gasteiger partial charge in [0, 0.05) is 12.6 Å². The molecule has 8 nitrogen and oxygen atoms in total. The first-order valence-electron chi connectivity index (χ1n) is 9.05. The number of sulfonamides is 1. The van der Waals surface area contributed by atoms with Crippen LogP contribution in [0, 0.1) is 6.92 Å². The summed E-state index contributed by atoms with van der Waals surface area (Å²) in [5, 5.41) is 11.9. The van der Waals surface area contributed by atoms with E-state index in [0.29, 0.717) is 21.6 Å². The number of hydrogen-bond acceptors (Lipinski definition) is 7. The molecule has 0 aliphatic heterocycles. The summed E-state index contributed by atoms with van der Waals surface area (Å²) in [6, 6.07) is 14.3. The van der Waals surface area contributed by atoms with Crippen LogP contribution >= 0.6 is 11.3 Å². The Morgan fingerprint density at radius 3 is 2.33 bits per heavy atom. The van der Waals surface area contributed by atoms with E-state index in [4.69, 9.17) is 4.74 Å². The van der Waals surface area contributed by atoms with E-state index in [1.165, 1.54) is 18.4 Å². The number of hydrogen-bond donors (Lipinski definition) is 1. The molecule has 0 bridgehead atoms. The largest absolute Gasteiger partial charge is 0.481 e. The molecule has 2 aromatic carbocycles. The summed E-state index contributed by atoms with van der Waals surface area (Å²) in [6.45, 7) is 3.63. The zero-order valence-corrected chi connectivity index (χ0v) is 18.6. The lowest BCUT2D eigenvalue weighted by atomic mass is 10.2. The molecule has 1 amide bonds. The third-order valence-corrected chi connectivity index (χ3v) is 6.43. The number of carbonyl (C=O) groups excluding carboxylic acids is 1. The third-order valence-electron chi connectivity index (χ3n) is 4.33. The Morgan fingerprint density at radius 2 is 1.73 bits per heavy atom. The standard InChI is InChI=1S/C20H22N4O4S2/c1-13-5-7-15(8-6-13)19-22-23-20(29-19)21-18(25)14(2)28-17-11-9-16(10-12-17)24(3)30(4,26)27/h5-12,14H,1-4H3,(H,21,23,25)/t14-/m1/s1. The molecule has 1 N–H and O–H groups in total. The molecule has 0 fully saturated rings. The van der Waals surface area contributed by atoms with Crippen molar-refractivity contribution < 1.29 is 17.9 Å². The van der Waals surface area contributed by atoms with Crippen molar-refractivity contribution in [3.05, 3.63) is 54.1 Å². The van der Waals surface area contributed by atoms with E-state index >= 15 is 0 Å². The van der Waals surface area contributed by atoms with E-state index in [1.807, 2.05) is 31.2 Å². The van der Waals surface area contributed by atoms with E-state index in [-0.39, 0.29) is 5.91 Å².